The van der Waals surface area contributed by atoms with Gasteiger partial charge in [-0.3, -0.25) is 0 Å². The number of halogens is 2. The van der Waals surface area contributed by atoms with Crippen LogP contribution >= 0.6 is 22.6 Å². The van der Waals surface area contributed by atoms with Crippen LogP contribution in [0.15, 0.2) is 18.2 Å². The second-order valence-electron chi connectivity index (χ2n) is 3.27. The topological polar surface area (TPSA) is 12.0 Å². The minimum Gasteiger partial charge on any atom is -0.313 e. The molecule has 0 spiro atoms. The zero-order valence-corrected chi connectivity index (χ0v) is 10.5. The van der Waals surface area contributed by atoms with Gasteiger partial charge in [0.2, 0.25) is 0 Å². The molecule has 0 aliphatic carbocycles. The van der Waals surface area contributed by atoms with Crippen LogP contribution in [0.25, 0.3) is 0 Å². The minimum absolute atomic E-state index is 0.160. The van der Waals surface area contributed by atoms with Crippen LogP contribution in [0, 0.1) is 9.39 Å². The second-order valence-corrected chi connectivity index (χ2v) is 4.43. The van der Waals surface area contributed by atoms with Crippen molar-refractivity contribution in [2.45, 2.75) is 26.3 Å². The molecule has 0 heterocycles. The number of hydrogen-bond acceptors (Lipinski definition) is 1. The molecule has 0 amide bonds. The number of rotatable bonds is 5. The molecule has 0 saturated carbocycles. The molecule has 1 nitrogen and oxygen atoms in total. The number of hydrogen-bond donors (Lipinski definition) is 1. The van der Waals surface area contributed by atoms with E-state index in [0.29, 0.717) is 0 Å². The quantitative estimate of drug-likeness (QED) is 0.650. The first-order valence-corrected chi connectivity index (χ1v) is 5.96. The van der Waals surface area contributed by atoms with Gasteiger partial charge in [0, 0.05) is 10.1 Å². The van der Waals surface area contributed by atoms with Crippen LogP contribution in [0.2, 0.25) is 0 Å². The Balaban J connectivity index is 2.42. The molecule has 1 aromatic carbocycles. The molecule has 0 aromatic heterocycles. The Hall–Kier alpha value is -0.160. The van der Waals surface area contributed by atoms with Gasteiger partial charge in [0.05, 0.1) is 0 Å². The number of benzene rings is 1. The zero-order chi connectivity index (χ0) is 10.4. The Morgan fingerprint density at radius 2 is 2.21 bits per heavy atom. The number of nitrogens with one attached hydrogen (secondary N) is 1. The monoisotopic (exact) mass is 307 g/mol. The maximum atomic E-state index is 12.8. The lowest BCUT2D eigenvalue weighted by molar-refractivity contribution is 0.619. The SMILES string of the molecule is CCCCNCc1ccc(F)cc1I. The lowest BCUT2D eigenvalue weighted by Gasteiger charge is -2.06. The van der Waals surface area contributed by atoms with E-state index in [1.165, 1.54) is 24.5 Å². The van der Waals surface area contributed by atoms with Gasteiger partial charge in [-0.15, -0.1) is 0 Å². The van der Waals surface area contributed by atoms with Crippen LogP contribution in [0.1, 0.15) is 25.3 Å². The maximum absolute atomic E-state index is 12.8. The molecular formula is C11H15FIN. The molecule has 0 aliphatic heterocycles. The third-order valence-electron chi connectivity index (χ3n) is 2.04. The van der Waals surface area contributed by atoms with Crippen molar-refractivity contribution in [1.82, 2.24) is 5.32 Å². The van der Waals surface area contributed by atoms with E-state index in [2.05, 4.69) is 34.8 Å². The summed E-state index contributed by atoms with van der Waals surface area (Å²) in [5, 5.41) is 3.34. The molecule has 0 saturated heterocycles. The van der Waals surface area contributed by atoms with Crippen LogP contribution in [-0.4, -0.2) is 6.54 Å². The van der Waals surface area contributed by atoms with E-state index in [0.717, 1.165) is 16.7 Å². The van der Waals surface area contributed by atoms with Crippen molar-refractivity contribution in [3.8, 4) is 0 Å². The normalized spacial score (nSPS) is 10.5. The average molecular weight is 307 g/mol. The summed E-state index contributed by atoms with van der Waals surface area (Å²) < 4.78 is 13.8. The molecule has 14 heavy (non-hydrogen) atoms. The Bertz CT molecular complexity index is 289. The average Bonchev–Trinajstić information content (AvgIpc) is 2.15. The maximum Gasteiger partial charge on any atom is 0.124 e. The molecule has 0 atom stereocenters. The van der Waals surface area contributed by atoms with E-state index in [4.69, 9.17) is 0 Å². The van der Waals surface area contributed by atoms with Crippen molar-refractivity contribution in [3.63, 3.8) is 0 Å². The van der Waals surface area contributed by atoms with E-state index in [-0.39, 0.29) is 5.82 Å². The van der Waals surface area contributed by atoms with Crippen LogP contribution in [0.3, 0.4) is 0 Å². The van der Waals surface area contributed by atoms with Crippen LogP contribution in [-0.2, 0) is 6.54 Å². The van der Waals surface area contributed by atoms with E-state index < -0.39 is 0 Å². The van der Waals surface area contributed by atoms with Crippen LogP contribution in [0.5, 0.6) is 0 Å². The highest BCUT2D eigenvalue weighted by molar-refractivity contribution is 14.1. The fraction of sp³-hybridized carbons (Fsp3) is 0.455. The molecule has 0 fully saturated rings. The third-order valence-corrected chi connectivity index (χ3v) is 3.04. The first-order valence-electron chi connectivity index (χ1n) is 4.88. The summed E-state index contributed by atoms with van der Waals surface area (Å²) in [4.78, 5) is 0. The summed E-state index contributed by atoms with van der Waals surface area (Å²) in [6.07, 6.45) is 2.39. The molecule has 1 aromatic rings. The first kappa shape index (κ1) is 11.9. The predicted molar refractivity (Wildman–Crippen MR) is 65.7 cm³/mol. The standard InChI is InChI=1S/C11H15FIN/c1-2-3-6-14-8-9-4-5-10(12)7-11(9)13/h4-5,7,14H,2-3,6,8H2,1H3. The highest BCUT2D eigenvalue weighted by Gasteiger charge is 2.00. The minimum atomic E-state index is -0.160. The molecule has 0 aliphatic rings. The Morgan fingerprint density at radius 3 is 2.86 bits per heavy atom. The molecule has 1 rings (SSSR count). The van der Waals surface area contributed by atoms with Gasteiger partial charge < -0.3 is 5.32 Å². The van der Waals surface area contributed by atoms with E-state index >= 15 is 0 Å². The fourth-order valence-electron chi connectivity index (χ4n) is 1.19. The summed E-state index contributed by atoms with van der Waals surface area (Å²) in [6, 6.07) is 4.92. The summed E-state index contributed by atoms with van der Waals surface area (Å²) in [5.41, 5.74) is 1.17. The lowest BCUT2D eigenvalue weighted by atomic mass is 10.2. The smallest absolute Gasteiger partial charge is 0.124 e. The molecular weight excluding hydrogens is 292 g/mol. The Kier molecular flexibility index (Phi) is 5.40. The summed E-state index contributed by atoms with van der Waals surface area (Å²) in [5.74, 6) is -0.160. The van der Waals surface area contributed by atoms with Gasteiger partial charge in [-0.05, 0) is 53.3 Å². The number of unbranched alkanes of at least 4 members (excludes halogenated alkanes) is 1. The van der Waals surface area contributed by atoms with Gasteiger partial charge in [0.25, 0.3) is 0 Å². The molecule has 3 heteroatoms. The van der Waals surface area contributed by atoms with Crippen LogP contribution in [0.4, 0.5) is 4.39 Å². The molecule has 0 unspecified atom stereocenters. The highest BCUT2D eigenvalue weighted by Crippen LogP contribution is 2.13. The Labute approximate surface area is 98.2 Å². The van der Waals surface area contributed by atoms with E-state index in [1.807, 2.05) is 6.07 Å². The molecule has 0 bridgehead atoms. The molecule has 78 valence electrons. The van der Waals surface area contributed by atoms with Gasteiger partial charge in [-0.2, -0.15) is 0 Å². The molecule has 0 radical (unpaired) electrons. The van der Waals surface area contributed by atoms with Gasteiger partial charge in [0.1, 0.15) is 5.82 Å². The second kappa shape index (κ2) is 6.35. The Morgan fingerprint density at radius 1 is 1.43 bits per heavy atom. The largest absolute Gasteiger partial charge is 0.313 e. The summed E-state index contributed by atoms with van der Waals surface area (Å²) >= 11 is 2.17. The summed E-state index contributed by atoms with van der Waals surface area (Å²) in [6.45, 7) is 4.03. The van der Waals surface area contributed by atoms with Crippen molar-refractivity contribution in [2.75, 3.05) is 6.54 Å². The van der Waals surface area contributed by atoms with Gasteiger partial charge in [-0.1, -0.05) is 19.4 Å². The summed E-state index contributed by atoms with van der Waals surface area (Å²) in [7, 11) is 0. The van der Waals surface area contributed by atoms with Crippen molar-refractivity contribution in [2.24, 2.45) is 0 Å². The van der Waals surface area contributed by atoms with Crippen molar-refractivity contribution < 1.29 is 4.39 Å². The van der Waals surface area contributed by atoms with Crippen LogP contribution < -0.4 is 5.32 Å². The van der Waals surface area contributed by atoms with Gasteiger partial charge >= 0.3 is 0 Å². The zero-order valence-electron chi connectivity index (χ0n) is 8.32. The van der Waals surface area contributed by atoms with Crippen molar-refractivity contribution in [3.05, 3.63) is 33.1 Å². The highest BCUT2D eigenvalue weighted by atomic mass is 127. The van der Waals surface area contributed by atoms with E-state index in [9.17, 15) is 4.39 Å². The predicted octanol–water partition coefficient (Wildman–Crippen LogP) is 3.32. The van der Waals surface area contributed by atoms with Crippen molar-refractivity contribution >= 4 is 22.6 Å². The van der Waals surface area contributed by atoms with E-state index in [1.54, 1.807) is 6.07 Å². The van der Waals surface area contributed by atoms with Gasteiger partial charge in [0.15, 0.2) is 0 Å². The molecule has 1 N–H and O–H groups in total. The third kappa shape index (κ3) is 3.92. The van der Waals surface area contributed by atoms with Gasteiger partial charge in [-0.25, -0.2) is 4.39 Å². The van der Waals surface area contributed by atoms with Crippen molar-refractivity contribution in [1.29, 1.82) is 0 Å². The lowest BCUT2D eigenvalue weighted by Crippen LogP contribution is -2.15. The first-order chi connectivity index (χ1) is 6.74. The fourth-order valence-corrected chi connectivity index (χ4v) is 1.86.